The lowest BCUT2D eigenvalue weighted by atomic mass is 10.1. The lowest BCUT2D eigenvalue weighted by molar-refractivity contribution is 0.554. The fraction of sp³-hybridized carbons (Fsp3) is 1.00. The van der Waals surface area contributed by atoms with E-state index in [1.807, 2.05) is 0 Å². The lowest BCUT2D eigenvalue weighted by Crippen LogP contribution is -2.20. The Morgan fingerprint density at radius 2 is 1.91 bits per heavy atom. The topological polar surface area (TPSA) is 46.2 Å². The lowest BCUT2D eigenvalue weighted by Gasteiger charge is -2.10. The van der Waals surface area contributed by atoms with Crippen molar-refractivity contribution in [3.05, 3.63) is 0 Å². The first-order valence-corrected chi connectivity index (χ1v) is 6.15. The summed E-state index contributed by atoms with van der Waals surface area (Å²) in [6.45, 7) is 0. The Morgan fingerprint density at radius 1 is 1.09 bits per heavy atom. The Kier molecular flexibility index (Phi) is 4.36. The normalized spacial score (nSPS) is 35.5. The molecule has 0 bridgehead atoms. The van der Waals surface area contributed by atoms with Crippen LogP contribution >= 0.6 is 8.15 Å². The summed E-state index contributed by atoms with van der Waals surface area (Å²) >= 11 is 0. The van der Waals surface area contributed by atoms with Gasteiger partial charge < -0.3 is 10.6 Å². The molecular formula is C8H18NOP. The van der Waals surface area contributed by atoms with E-state index in [1.54, 1.807) is 0 Å². The fourth-order valence-electron chi connectivity index (χ4n) is 1.45. The van der Waals surface area contributed by atoms with Gasteiger partial charge in [-0.2, -0.15) is 0 Å². The first kappa shape index (κ1) is 9.44. The van der Waals surface area contributed by atoms with Crippen molar-refractivity contribution in [2.75, 3.05) is 12.3 Å². The molecule has 3 N–H and O–H groups in total. The summed E-state index contributed by atoms with van der Waals surface area (Å²) in [4.78, 5) is 9.47. The highest BCUT2D eigenvalue weighted by Crippen LogP contribution is 2.33. The van der Waals surface area contributed by atoms with Crippen molar-refractivity contribution < 1.29 is 4.89 Å². The van der Waals surface area contributed by atoms with Crippen molar-refractivity contribution >= 4 is 8.15 Å². The van der Waals surface area contributed by atoms with Crippen molar-refractivity contribution in [1.82, 2.24) is 0 Å². The Labute approximate surface area is 70.0 Å². The van der Waals surface area contributed by atoms with Gasteiger partial charge in [-0.25, -0.2) is 0 Å². The minimum atomic E-state index is -0.659. The Morgan fingerprint density at radius 3 is 2.73 bits per heavy atom. The van der Waals surface area contributed by atoms with Gasteiger partial charge in [-0.05, 0) is 31.6 Å². The van der Waals surface area contributed by atoms with E-state index in [2.05, 4.69) is 0 Å². The summed E-state index contributed by atoms with van der Waals surface area (Å²) in [6.07, 6.45) is 7.91. The standard InChI is InChI=1S/C8H18NOP/c9-8-4-2-1-3-6-11(10)7-5-8/h8,10H,1-7,9H2. The van der Waals surface area contributed by atoms with Gasteiger partial charge in [-0.15, -0.1) is 0 Å². The van der Waals surface area contributed by atoms with Crippen LogP contribution in [0, 0.1) is 0 Å². The second kappa shape index (κ2) is 5.08. The molecule has 1 aliphatic rings. The summed E-state index contributed by atoms with van der Waals surface area (Å²) in [5.41, 5.74) is 5.84. The second-order valence-corrected chi connectivity index (χ2v) is 5.26. The SMILES string of the molecule is NC1CCCCCP(O)CC1. The Hall–Kier alpha value is 0.350. The van der Waals surface area contributed by atoms with Gasteiger partial charge in [0.05, 0.1) is 0 Å². The van der Waals surface area contributed by atoms with Crippen LogP contribution in [0.5, 0.6) is 0 Å². The van der Waals surface area contributed by atoms with Crippen LogP contribution in [0.2, 0.25) is 0 Å². The fourth-order valence-corrected chi connectivity index (χ4v) is 2.89. The van der Waals surface area contributed by atoms with Crippen LogP contribution in [0.3, 0.4) is 0 Å². The van der Waals surface area contributed by atoms with E-state index in [0.29, 0.717) is 6.04 Å². The molecule has 1 fully saturated rings. The van der Waals surface area contributed by atoms with E-state index in [9.17, 15) is 4.89 Å². The molecule has 2 atom stereocenters. The van der Waals surface area contributed by atoms with E-state index in [-0.39, 0.29) is 0 Å². The summed E-state index contributed by atoms with van der Waals surface area (Å²) in [7, 11) is -0.659. The molecule has 2 unspecified atom stereocenters. The summed E-state index contributed by atoms with van der Waals surface area (Å²) < 4.78 is 0. The third-order valence-corrected chi connectivity index (χ3v) is 3.86. The van der Waals surface area contributed by atoms with Gasteiger partial charge in [-0.1, -0.05) is 12.8 Å². The maximum Gasteiger partial charge on any atom is 0.0251 e. The Balaban J connectivity index is 2.25. The molecule has 0 aromatic heterocycles. The third-order valence-electron chi connectivity index (χ3n) is 2.25. The van der Waals surface area contributed by atoms with Crippen molar-refractivity contribution in [1.29, 1.82) is 0 Å². The van der Waals surface area contributed by atoms with Gasteiger partial charge in [0.15, 0.2) is 0 Å². The van der Waals surface area contributed by atoms with Gasteiger partial charge in [-0.3, -0.25) is 0 Å². The van der Waals surface area contributed by atoms with E-state index >= 15 is 0 Å². The molecule has 66 valence electrons. The summed E-state index contributed by atoms with van der Waals surface area (Å²) in [5, 5.41) is 0. The number of hydrogen-bond acceptors (Lipinski definition) is 2. The van der Waals surface area contributed by atoms with Crippen molar-refractivity contribution in [3.8, 4) is 0 Å². The zero-order valence-corrected chi connectivity index (χ0v) is 7.89. The van der Waals surface area contributed by atoms with Crippen LogP contribution in [-0.2, 0) is 0 Å². The monoisotopic (exact) mass is 175 g/mol. The molecule has 1 aliphatic heterocycles. The minimum Gasteiger partial charge on any atom is -0.374 e. The average Bonchev–Trinajstić information content (AvgIpc) is 2.06. The van der Waals surface area contributed by atoms with Gasteiger partial charge >= 0.3 is 0 Å². The smallest absolute Gasteiger partial charge is 0.0251 e. The molecule has 0 aliphatic carbocycles. The molecule has 1 heterocycles. The van der Waals surface area contributed by atoms with Crippen LogP contribution in [-0.4, -0.2) is 23.3 Å². The van der Waals surface area contributed by atoms with E-state index in [0.717, 1.165) is 25.2 Å². The summed E-state index contributed by atoms with van der Waals surface area (Å²) in [5.74, 6) is 0. The predicted octanol–water partition coefficient (Wildman–Crippen LogP) is 1.67. The molecule has 0 radical (unpaired) electrons. The molecule has 0 saturated carbocycles. The molecule has 2 nitrogen and oxygen atoms in total. The van der Waals surface area contributed by atoms with E-state index in [4.69, 9.17) is 5.73 Å². The van der Waals surface area contributed by atoms with Crippen LogP contribution in [0.15, 0.2) is 0 Å². The molecule has 11 heavy (non-hydrogen) atoms. The maximum atomic E-state index is 9.47. The number of hydrogen-bond donors (Lipinski definition) is 2. The molecule has 1 rings (SSSR count). The molecule has 0 amide bonds. The molecule has 1 saturated heterocycles. The molecule has 3 heteroatoms. The second-order valence-electron chi connectivity index (χ2n) is 3.35. The quantitative estimate of drug-likeness (QED) is 0.550. The first-order chi connectivity index (χ1) is 5.29. The van der Waals surface area contributed by atoms with Crippen LogP contribution in [0.25, 0.3) is 0 Å². The number of rotatable bonds is 0. The summed E-state index contributed by atoms with van der Waals surface area (Å²) in [6, 6.07) is 0.352. The largest absolute Gasteiger partial charge is 0.374 e. The first-order valence-electron chi connectivity index (χ1n) is 4.48. The minimum absolute atomic E-state index is 0.352. The van der Waals surface area contributed by atoms with Gasteiger partial charge in [0.2, 0.25) is 0 Å². The maximum absolute atomic E-state index is 9.47. The van der Waals surface area contributed by atoms with Crippen LogP contribution in [0.4, 0.5) is 0 Å². The van der Waals surface area contributed by atoms with Gasteiger partial charge in [0.1, 0.15) is 0 Å². The van der Waals surface area contributed by atoms with E-state index in [1.165, 1.54) is 19.3 Å². The van der Waals surface area contributed by atoms with Crippen LogP contribution in [0.1, 0.15) is 32.1 Å². The van der Waals surface area contributed by atoms with Crippen molar-refractivity contribution in [2.45, 2.75) is 38.1 Å². The average molecular weight is 175 g/mol. The molecule has 0 spiro atoms. The van der Waals surface area contributed by atoms with Gasteiger partial charge in [0, 0.05) is 14.2 Å². The molecular weight excluding hydrogens is 157 g/mol. The van der Waals surface area contributed by atoms with Crippen molar-refractivity contribution in [2.24, 2.45) is 5.73 Å². The highest BCUT2D eigenvalue weighted by molar-refractivity contribution is 7.51. The molecule has 0 aromatic carbocycles. The highest BCUT2D eigenvalue weighted by Gasteiger charge is 2.10. The highest BCUT2D eigenvalue weighted by atomic mass is 31.1. The zero-order valence-electron chi connectivity index (χ0n) is 7.00. The van der Waals surface area contributed by atoms with Crippen molar-refractivity contribution in [3.63, 3.8) is 0 Å². The van der Waals surface area contributed by atoms with Gasteiger partial charge in [0.25, 0.3) is 0 Å². The predicted molar refractivity (Wildman–Crippen MR) is 49.9 cm³/mol. The Bertz CT molecular complexity index is 98.3. The molecule has 0 aromatic rings. The third kappa shape index (κ3) is 4.05. The zero-order chi connectivity index (χ0) is 8.10. The van der Waals surface area contributed by atoms with Crippen LogP contribution < -0.4 is 5.73 Å². The van der Waals surface area contributed by atoms with E-state index < -0.39 is 8.15 Å². The number of nitrogens with two attached hydrogens (primary N) is 1.